The number of nitrogens with two attached hydrogens (primary N) is 1. The second-order valence-corrected chi connectivity index (χ2v) is 5.49. The summed E-state index contributed by atoms with van der Waals surface area (Å²) in [6.45, 7) is 0.697. The van der Waals surface area contributed by atoms with Gasteiger partial charge < -0.3 is 10.3 Å². The molecule has 98 valence electrons. The molecule has 1 heterocycles. The van der Waals surface area contributed by atoms with Crippen LogP contribution in [0.2, 0.25) is 0 Å². The molecule has 0 spiro atoms. The molecule has 0 aliphatic heterocycles. The van der Waals surface area contributed by atoms with Crippen LogP contribution >= 0.6 is 15.9 Å². The molecule has 0 unspecified atom stereocenters. The van der Waals surface area contributed by atoms with Gasteiger partial charge >= 0.3 is 0 Å². The van der Waals surface area contributed by atoms with Crippen molar-refractivity contribution in [1.82, 2.24) is 4.57 Å². The van der Waals surface area contributed by atoms with Crippen LogP contribution in [0.4, 0.5) is 5.69 Å². The molecule has 0 aliphatic rings. The quantitative estimate of drug-likeness (QED) is 0.726. The molecule has 0 atom stereocenters. The van der Waals surface area contributed by atoms with Gasteiger partial charge in [0.2, 0.25) is 0 Å². The number of anilines is 1. The van der Waals surface area contributed by atoms with Crippen LogP contribution in [0.5, 0.6) is 0 Å². The first-order valence-electron chi connectivity index (χ1n) is 6.21. The first-order chi connectivity index (χ1) is 9.69. The van der Waals surface area contributed by atoms with Gasteiger partial charge in [-0.2, -0.15) is 5.26 Å². The topological polar surface area (TPSA) is 54.7 Å². The second-order valence-electron chi connectivity index (χ2n) is 4.64. The Morgan fingerprint density at radius 1 is 1.20 bits per heavy atom. The third kappa shape index (κ3) is 2.17. The summed E-state index contributed by atoms with van der Waals surface area (Å²) in [6, 6.07) is 15.7. The van der Waals surface area contributed by atoms with E-state index in [1.165, 1.54) is 0 Å². The minimum Gasteiger partial charge on any atom is -0.398 e. The van der Waals surface area contributed by atoms with Crippen molar-refractivity contribution in [1.29, 1.82) is 5.26 Å². The highest BCUT2D eigenvalue weighted by Crippen LogP contribution is 2.26. The Morgan fingerprint density at radius 3 is 2.80 bits per heavy atom. The summed E-state index contributed by atoms with van der Waals surface area (Å²) in [5, 5.41) is 10.00. The molecule has 2 N–H and O–H groups in total. The molecule has 1 aromatic heterocycles. The van der Waals surface area contributed by atoms with E-state index in [-0.39, 0.29) is 0 Å². The maximum atomic E-state index is 8.93. The number of fused-ring (bicyclic) bond motifs is 1. The predicted octanol–water partition coefficient (Wildman–Crippen LogP) is 3.91. The van der Waals surface area contributed by atoms with Crippen LogP contribution in [0.1, 0.15) is 11.1 Å². The summed E-state index contributed by atoms with van der Waals surface area (Å²) < 4.78 is 3.14. The van der Waals surface area contributed by atoms with Gasteiger partial charge in [-0.25, -0.2) is 0 Å². The molecule has 3 aromatic rings. The number of hydrogen-bond acceptors (Lipinski definition) is 2. The van der Waals surface area contributed by atoms with E-state index < -0.39 is 0 Å². The standard InChI is InChI=1S/C16H12BrN3/c17-14-2-1-3-15(19)13(14)10-20-7-6-12-8-11(9-18)4-5-16(12)20/h1-8H,10,19H2. The van der Waals surface area contributed by atoms with Crippen molar-refractivity contribution in [3.05, 3.63) is 64.3 Å². The number of benzene rings is 2. The van der Waals surface area contributed by atoms with Gasteiger partial charge in [-0.05, 0) is 36.4 Å². The van der Waals surface area contributed by atoms with Gasteiger partial charge in [0, 0.05) is 32.8 Å². The van der Waals surface area contributed by atoms with E-state index >= 15 is 0 Å². The van der Waals surface area contributed by atoms with E-state index in [2.05, 4.69) is 26.6 Å². The van der Waals surface area contributed by atoms with Crippen molar-refractivity contribution in [2.45, 2.75) is 6.54 Å². The lowest BCUT2D eigenvalue weighted by Gasteiger charge is -2.10. The third-order valence-corrected chi connectivity index (χ3v) is 4.13. The zero-order valence-corrected chi connectivity index (χ0v) is 12.3. The molecular formula is C16H12BrN3. The smallest absolute Gasteiger partial charge is 0.0991 e. The van der Waals surface area contributed by atoms with E-state index in [0.717, 1.165) is 26.6 Å². The van der Waals surface area contributed by atoms with Gasteiger partial charge in [-0.15, -0.1) is 0 Å². The lowest BCUT2D eigenvalue weighted by molar-refractivity contribution is 0.835. The van der Waals surface area contributed by atoms with E-state index in [0.29, 0.717) is 12.1 Å². The normalized spacial score (nSPS) is 10.6. The summed E-state index contributed by atoms with van der Waals surface area (Å²) in [7, 11) is 0. The molecule has 0 fully saturated rings. The molecule has 4 heteroatoms. The first-order valence-corrected chi connectivity index (χ1v) is 7.00. The Morgan fingerprint density at radius 2 is 2.05 bits per heavy atom. The molecule has 3 nitrogen and oxygen atoms in total. The van der Waals surface area contributed by atoms with Crippen molar-refractivity contribution in [2.24, 2.45) is 0 Å². The van der Waals surface area contributed by atoms with Crippen LogP contribution in [0.15, 0.2) is 53.1 Å². The fraction of sp³-hybridized carbons (Fsp3) is 0.0625. The zero-order valence-electron chi connectivity index (χ0n) is 10.7. The van der Waals surface area contributed by atoms with Gasteiger partial charge in [0.15, 0.2) is 0 Å². The SMILES string of the molecule is N#Cc1ccc2c(ccn2Cc2c(N)cccc2Br)c1. The molecule has 0 bridgehead atoms. The highest BCUT2D eigenvalue weighted by Gasteiger charge is 2.07. The molecule has 0 saturated heterocycles. The third-order valence-electron chi connectivity index (χ3n) is 3.38. The molecular weight excluding hydrogens is 314 g/mol. The van der Waals surface area contributed by atoms with Crippen LogP contribution in [0, 0.1) is 11.3 Å². The second kappa shape index (κ2) is 5.03. The van der Waals surface area contributed by atoms with Crippen molar-refractivity contribution in [2.75, 3.05) is 5.73 Å². The minimum atomic E-state index is 0.677. The fourth-order valence-electron chi connectivity index (χ4n) is 2.32. The first kappa shape index (κ1) is 12.8. The Bertz CT molecular complexity index is 807. The fourth-order valence-corrected chi connectivity index (χ4v) is 2.83. The maximum absolute atomic E-state index is 8.93. The van der Waals surface area contributed by atoms with E-state index in [1.54, 1.807) is 0 Å². The summed E-state index contributed by atoms with van der Waals surface area (Å²) in [4.78, 5) is 0. The summed E-state index contributed by atoms with van der Waals surface area (Å²) in [5.74, 6) is 0. The average Bonchev–Trinajstić information content (AvgIpc) is 2.85. The number of nitriles is 1. The zero-order chi connectivity index (χ0) is 14.1. The largest absolute Gasteiger partial charge is 0.398 e. The Kier molecular flexibility index (Phi) is 3.21. The van der Waals surface area contributed by atoms with Crippen LogP contribution in [-0.4, -0.2) is 4.57 Å². The monoisotopic (exact) mass is 325 g/mol. The maximum Gasteiger partial charge on any atom is 0.0991 e. The lowest BCUT2D eigenvalue weighted by atomic mass is 10.1. The summed E-state index contributed by atoms with van der Waals surface area (Å²) in [5.41, 5.74) is 9.65. The number of nitrogen functional groups attached to an aromatic ring is 1. The number of aromatic nitrogens is 1. The van der Waals surface area contributed by atoms with E-state index in [1.807, 2.05) is 48.7 Å². The number of halogens is 1. The van der Waals surface area contributed by atoms with Crippen molar-refractivity contribution in [3.8, 4) is 6.07 Å². The molecule has 0 radical (unpaired) electrons. The lowest BCUT2D eigenvalue weighted by Crippen LogP contribution is -2.02. The van der Waals surface area contributed by atoms with Gasteiger partial charge in [-0.3, -0.25) is 0 Å². The number of hydrogen-bond donors (Lipinski definition) is 1. The predicted molar refractivity (Wildman–Crippen MR) is 84.3 cm³/mol. The van der Waals surface area contributed by atoms with Gasteiger partial charge in [0.25, 0.3) is 0 Å². The van der Waals surface area contributed by atoms with Crippen LogP contribution in [-0.2, 0) is 6.54 Å². The van der Waals surface area contributed by atoms with Crippen LogP contribution in [0.3, 0.4) is 0 Å². The number of rotatable bonds is 2. The summed E-state index contributed by atoms with van der Waals surface area (Å²) >= 11 is 3.54. The number of nitrogens with zero attached hydrogens (tertiary/aromatic N) is 2. The molecule has 2 aromatic carbocycles. The Balaban J connectivity index is 2.06. The Labute approximate surface area is 125 Å². The van der Waals surface area contributed by atoms with Crippen molar-refractivity contribution < 1.29 is 0 Å². The van der Waals surface area contributed by atoms with Gasteiger partial charge in [-0.1, -0.05) is 22.0 Å². The van der Waals surface area contributed by atoms with Crippen molar-refractivity contribution in [3.63, 3.8) is 0 Å². The molecule has 0 aliphatic carbocycles. The van der Waals surface area contributed by atoms with E-state index in [4.69, 9.17) is 11.0 Å². The van der Waals surface area contributed by atoms with Gasteiger partial charge in [0.1, 0.15) is 0 Å². The highest BCUT2D eigenvalue weighted by atomic mass is 79.9. The Hall–Kier alpha value is -2.25. The molecule has 0 amide bonds. The molecule has 0 saturated carbocycles. The highest BCUT2D eigenvalue weighted by molar-refractivity contribution is 9.10. The summed E-state index contributed by atoms with van der Waals surface area (Å²) in [6.07, 6.45) is 2.02. The minimum absolute atomic E-state index is 0.677. The van der Waals surface area contributed by atoms with Crippen LogP contribution in [0.25, 0.3) is 10.9 Å². The molecule has 3 rings (SSSR count). The average molecular weight is 326 g/mol. The van der Waals surface area contributed by atoms with Crippen molar-refractivity contribution >= 4 is 32.5 Å². The van der Waals surface area contributed by atoms with Crippen LogP contribution < -0.4 is 5.73 Å². The van der Waals surface area contributed by atoms with E-state index in [9.17, 15) is 0 Å². The van der Waals surface area contributed by atoms with Gasteiger partial charge in [0.05, 0.1) is 18.2 Å². The molecule has 20 heavy (non-hydrogen) atoms.